The van der Waals surface area contributed by atoms with Crippen LogP contribution in [0.2, 0.25) is 0 Å². The SMILES string of the molecule is CC(C)(C)n1c(=O)cc(-c2cc3ccccc3s2)[s+]1[O-]. The quantitative estimate of drug-likeness (QED) is 0.632. The fourth-order valence-electron chi connectivity index (χ4n) is 2.24. The molecule has 1 atom stereocenters. The molecular formula is C15H15NO2S2. The van der Waals surface area contributed by atoms with E-state index in [4.69, 9.17) is 0 Å². The van der Waals surface area contributed by atoms with Crippen LogP contribution in [0.4, 0.5) is 0 Å². The van der Waals surface area contributed by atoms with Gasteiger partial charge in [0, 0.05) is 15.6 Å². The summed E-state index contributed by atoms with van der Waals surface area (Å²) in [4.78, 5) is 13.6. The van der Waals surface area contributed by atoms with Gasteiger partial charge in [0.1, 0.15) is 0 Å². The summed E-state index contributed by atoms with van der Waals surface area (Å²) in [5, 5.41) is 1.12. The molecule has 1 aromatic carbocycles. The van der Waals surface area contributed by atoms with E-state index in [0.29, 0.717) is 4.88 Å². The number of fused-ring (bicyclic) bond motifs is 1. The molecule has 0 aliphatic carbocycles. The third kappa shape index (κ3) is 2.12. The zero-order valence-electron chi connectivity index (χ0n) is 11.5. The molecule has 20 heavy (non-hydrogen) atoms. The minimum atomic E-state index is -1.42. The first kappa shape index (κ1) is 13.5. The van der Waals surface area contributed by atoms with Crippen molar-refractivity contribution < 1.29 is 4.55 Å². The molecule has 0 amide bonds. The molecule has 3 aromatic rings. The largest absolute Gasteiger partial charge is 0.570 e. The zero-order valence-corrected chi connectivity index (χ0v) is 13.2. The average molecular weight is 305 g/mol. The fourth-order valence-corrected chi connectivity index (χ4v) is 4.90. The lowest BCUT2D eigenvalue weighted by Crippen LogP contribution is -2.30. The Morgan fingerprint density at radius 1 is 1.20 bits per heavy atom. The first-order valence-electron chi connectivity index (χ1n) is 6.35. The van der Waals surface area contributed by atoms with Gasteiger partial charge in [0.05, 0.1) is 16.5 Å². The van der Waals surface area contributed by atoms with Crippen molar-refractivity contribution in [1.82, 2.24) is 3.96 Å². The van der Waals surface area contributed by atoms with Crippen molar-refractivity contribution in [2.45, 2.75) is 26.3 Å². The standard InChI is InChI=1S/C15H15NO2S2/c1-15(2,3)16-14(17)9-13(20(16)18)12-8-10-6-4-5-7-11(10)19-12/h4-9H,1-3H3. The summed E-state index contributed by atoms with van der Waals surface area (Å²) >= 11 is 1.57. The summed E-state index contributed by atoms with van der Waals surface area (Å²) in [6.45, 7) is 5.68. The van der Waals surface area contributed by atoms with Gasteiger partial charge in [-0.25, -0.2) is 0 Å². The zero-order chi connectivity index (χ0) is 14.5. The topological polar surface area (TPSA) is 45.1 Å². The summed E-state index contributed by atoms with van der Waals surface area (Å²) < 4.78 is 15.2. The predicted molar refractivity (Wildman–Crippen MR) is 85.2 cm³/mol. The van der Waals surface area contributed by atoms with E-state index < -0.39 is 16.5 Å². The van der Waals surface area contributed by atoms with Gasteiger partial charge in [-0.3, -0.25) is 4.79 Å². The Morgan fingerprint density at radius 3 is 2.50 bits per heavy atom. The molecule has 5 heteroatoms. The van der Waals surface area contributed by atoms with Crippen LogP contribution < -0.4 is 5.56 Å². The van der Waals surface area contributed by atoms with E-state index in [1.54, 1.807) is 11.3 Å². The van der Waals surface area contributed by atoms with Crippen LogP contribution in [0.3, 0.4) is 0 Å². The Bertz CT molecular complexity index is 801. The molecule has 0 aliphatic rings. The van der Waals surface area contributed by atoms with Crippen molar-refractivity contribution >= 4 is 32.4 Å². The molecule has 0 spiro atoms. The molecule has 2 heterocycles. The summed E-state index contributed by atoms with van der Waals surface area (Å²) in [7, 11) is -1.42. The summed E-state index contributed by atoms with van der Waals surface area (Å²) in [5.74, 6) is 0. The molecule has 2 aromatic heterocycles. The molecule has 104 valence electrons. The van der Waals surface area contributed by atoms with E-state index in [2.05, 4.69) is 0 Å². The molecule has 3 nitrogen and oxygen atoms in total. The van der Waals surface area contributed by atoms with Crippen LogP contribution in [0.1, 0.15) is 20.8 Å². The summed E-state index contributed by atoms with van der Waals surface area (Å²) in [5.41, 5.74) is -0.625. The Balaban J connectivity index is 2.23. The van der Waals surface area contributed by atoms with Crippen LogP contribution in [-0.4, -0.2) is 8.51 Å². The van der Waals surface area contributed by atoms with Crippen LogP contribution in [0.15, 0.2) is 41.2 Å². The second-order valence-corrected chi connectivity index (χ2v) is 8.10. The lowest BCUT2D eigenvalue weighted by Gasteiger charge is -2.17. The Hall–Kier alpha value is -1.43. The van der Waals surface area contributed by atoms with E-state index in [9.17, 15) is 9.35 Å². The van der Waals surface area contributed by atoms with Crippen molar-refractivity contribution in [3.63, 3.8) is 0 Å². The number of nitrogens with zero attached hydrogens (tertiary/aromatic N) is 1. The lowest BCUT2D eigenvalue weighted by atomic mass is 10.1. The third-order valence-electron chi connectivity index (χ3n) is 3.09. The molecule has 0 bridgehead atoms. The monoisotopic (exact) mass is 305 g/mol. The minimum absolute atomic E-state index is 0.178. The first-order valence-corrected chi connectivity index (χ1v) is 8.27. The summed E-state index contributed by atoms with van der Waals surface area (Å²) in [6.07, 6.45) is 0. The molecule has 0 N–H and O–H groups in total. The maximum atomic E-state index is 12.6. The predicted octanol–water partition coefficient (Wildman–Crippen LogP) is 4.21. The van der Waals surface area contributed by atoms with Gasteiger partial charge in [-0.15, -0.1) is 15.3 Å². The van der Waals surface area contributed by atoms with Gasteiger partial charge in [0.2, 0.25) is 4.88 Å². The lowest BCUT2D eigenvalue weighted by molar-refractivity contribution is 0.400. The number of aromatic nitrogens is 1. The molecule has 3 rings (SSSR count). The van der Waals surface area contributed by atoms with E-state index in [0.717, 1.165) is 15.0 Å². The number of benzene rings is 1. The number of rotatable bonds is 1. The van der Waals surface area contributed by atoms with E-state index in [1.807, 2.05) is 51.1 Å². The second kappa shape index (κ2) is 4.55. The normalized spacial score (nSPS) is 13.1. The highest BCUT2D eigenvalue weighted by molar-refractivity contribution is 7.29. The minimum Gasteiger partial charge on any atom is -0.570 e. The Labute approximate surface area is 124 Å². The molecule has 1 unspecified atom stereocenters. The average Bonchev–Trinajstić information content (AvgIpc) is 2.88. The van der Waals surface area contributed by atoms with Gasteiger partial charge in [0.25, 0.3) is 5.56 Å². The highest BCUT2D eigenvalue weighted by Gasteiger charge is 2.28. The van der Waals surface area contributed by atoms with Crippen LogP contribution in [0.25, 0.3) is 19.8 Å². The van der Waals surface area contributed by atoms with Crippen molar-refractivity contribution in [3.05, 3.63) is 46.8 Å². The van der Waals surface area contributed by atoms with Crippen LogP contribution in [-0.2, 0) is 5.54 Å². The van der Waals surface area contributed by atoms with Gasteiger partial charge in [-0.1, -0.05) is 18.2 Å². The number of hydrogen-bond donors (Lipinski definition) is 0. The Morgan fingerprint density at radius 2 is 1.90 bits per heavy atom. The van der Waals surface area contributed by atoms with E-state index in [1.165, 1.54) is 10.0 Å². The number of hydrogen-bond acceptors (Lipinski definition) is 3. The highest BCUT2D eigenvalue weighted by Crippen LogP contribution is 2.39. The van der Waals surface area contributed by atoms with Crippen LogP contribution in [0.5, 0.6) is 0 Å². The van der Waals surface area contributed by atoms with Crippen molar-refractivity contribution in [1.29, 1.82) is 0 Å². The van der Waals surface area contributed by atoms with Crippen molar-refractivity contribution in [2.75, 3.05) is 0 Å². The summed E-state index contributed by atoms with van der Waals surface area (Å²) in [6, 6.07) is 11.5. The van der Waals surface area contributed by atoms with E-state index >= 15 is 0 Å². The van der Waals surface area contributed by atoms with E-state index in [-0.39, 0.29) is 5.56 Å². The van der Waals surface area contributed by atoms with Crippen LogP contribution >= 0.6 is 22.3 Å². The number of thiophene rings is 1. The molecule has 0 aliphatic heterocycles. The fraction of sp³-hybridized carbons (Fsp3) is 0.267. The van der Waals surface area contributed by atoms with Gasteiger partial charge in [0.15, 0.2) is 0 Å². The van der Waals surface area contributed by atoms with Crippen molar-refractivity contribution in [2.24, 2.45) is 0 Å². The van der Waals surface area contributed by atoms with Gasteiger partial charge in [-0.2, -0.15) is 0 Å². The molecule has 0 saturated carbocycles. The third-order valence-corrected chi connectivity index (χ3v) is 6.14. The maximum absolute atomic E-state index is 12.6. The first-order chi connectivity index (χ1) is 9.38. The van der Waals surface area contributed by atoms with Crippen molar-refractivity contribution in [3.8, 4) is 9.75 Å². The smallest absolute Gasteiger partial charge is 0.297 e. The Kier molecular flexibility index (Phi) is 3.08. The van der Waals surface area contributed by atoms with Gasteiger partial charge < -0.3 is 4.55 Å². The van der Waals surface area contributed by atoms with Gasteiger partial charge in [-0.05, 0) is 38.3 Å². The second-order valence-electron chi connectivity index (χ2n) is 5.71. The highest BCUT2D eigenvalue weighted by atomic mass is 32.2. The van der Waals surface area contributed by atoms with Gasteiger partial charge >= 0.3 is 0 Å². The van der Waals surface area contributed by atoms with Crippen LogP contribution in [0, 0.1) is 0 Å². The molecule has 0 radical (unpaired) electrons. The maximum Gasteiger partial charge on any atom is 0.297 e. The molecule has 0 saturated heterocycles. The molecular weight excluding hydrogens is 290 g/mol. The molecule has 0 fully saturated rings.